The molecule has 0 saturated heterocycles. The molecule has 4 rings (SSSR count). The highest BCUT2D eigenvalue weighted by atomic mass is 16.2. The third-order valence-corrected chi connectivity index (χ3v) is 5.76. The van der Waals surface area contributed by atoms with Gasteiger partial charge in [-0.15, -0.1) is 0 Å². The van der Waals surface area contributed by atoms with Gasteiger partial charge < -0.3 is 9.88 Å². The van der Waals surface area contributed by atoms with Crippen LogP contribution in [0.25, 0.3) is 10.8 Å². The zero-order valence-corrected chi connectivity index (χ0v) is 18.0. The van der Waals surface area contributed by atoms with Gasteiger partial charge in [0.25, 0.3) is 5.56 Å². The molecule has 4 aromatic rings. The smallest absolute Gasteiger partial charge is 0.276 e. The van der Waals surface area contributed by atoms with Crippen molar-refractivity contribution in [1.82, 2.24) is 19.7 Å². The van der Waals surface area contributed by atoms with Crippen LogP contribution in [0.5, 0.6) is 0 Å². The SMILES string of the molecule is Cc1c2cnn(CC(=O)N[C@H](C)c3ccccc3)c(=O)c2c(C)n1Cc1ccccc1. The first-order chi connectivity index (χ1) is 15.0. The van der Waals surface area contributed by atoms with Gasteiger partial charge in [0, 0.05) is 23.3 Å². The molecule has 0 radical (unpaired) electrons. The van der Waals surface area contributed by atoms with Gasteiger partial charge >= 0.3 is 0 Å². The number of benzene rings is 2. The fraction of sp³-hybridized carbons (Fsp3) is 0.240. The van der Waals surface area contributed by atoms with Crippen molar-refractivity contribution in [2.45, 2.75) is 39.9 Å². The van der Waals surface area contributed by atoms with E-state index in [-0.39, 0.29) is 24.1 Å². The number of rotatable bonds is 6. The van der Waals surface area contributed by atoms with E-state index in [1.165, 1.54) is 4.68 Å². The molecule has 6 nitrogen and oxygen atoms in total. The number of hydrogen-bond donors (Lipinski definition) is 1. The fourth-order valence-corrected chi connectivity index (χ4v) is 4.01. The Hall–Kier alpha value is -3.67. The third kappa shape index (κ3) is 4.14. The van der Waals surface area contributed by atoms with Crippen molar-refractivity contribution in [3.05, 3.63) is 99.7 Å². The van der Waals surface area contributed by atoms with Gasteiger partial charge in [0.2, 0.25) is 5.91 Å². The van der Waals surface area contributed by atoms with Gasteiger partial charge in [-0.1, -0.05) is 60.7 Å². The first-order valence-electron chi connectivity index (χ1n) is 10.4. The van der Waals surface area contributed by atoms with Gasteiger partial charge in [-0.2, -0.15) is 5.10 Å². The van der Waals surface area contributed by atoms with E-state index < -0.39 is 0 Å². The molecule has 0 spiro atoms. The quantitative estimate of drug-likeness (QED) is 0.523. The van der Waals surface area contributed by atoms with Crippen LogP contribution in [0.4, 0.5) is 0 Å². The van der Waals surface area contributed by atoms with Crippen LogP contribution < -0.4 is 10.9 Å². The van der Waals surface area contributed by atoms with E-state index in [0.717, 1.165) is 27.9 Å². The average Bonchev–Trinajstić information content (AvgIpc) is 3.02. The van der Waals surface area contributed by atoms with Crippen molar-refractivity contribution in [1.29, 1.82) is 0 Å². The maximum absolute atomic E-state index is 13.2. The lowest BCUT2D eigenvalue weighted by Gasteiger charge is -2.14. The summed E-state index contributed by atoms with van der Waals surface area (Å²) < 4.78 is 3.37. The predicted octanol–water partition coefficient (Wildman–Crippen LogP) is 3.74. The lowest BCUT2D eigenvalue weighted by atomic mass is 10.1. The summed E-state index contributed by atoms with van der Waals surface area (Å²) in [6.07, 6.45) is 1.69. The summed E-state index contributed by atoms with van der Waals surface area (Å²) >= 11 is 0. The van der Waals surface area contributed by atoms with Crippen LogP contribution in [0.1, 0.15) is 35.5 Å². The van der Waals surface area contributed by atoms with Crippen LogP contribution in [0, 0.1) is 13.8 Å². The molecule has 0 bridgehead atoms. The van der Waals surface area contributed by atoms with E-state index in [1.807, 2.05) is 69.3 Å². The second kappa shape index (κ2) is 8.60. The number of fused-ring (bicyclic) bond motifs is 1. The zero-order valence-electron chi connectivity index (χ0n) is 18.0. The monoisotopic (exact) mass is 414 g/mol. The Labute approximate surface area is 181 Å². The molecule has 0 fully saturated rings. The maximum Gasteiger partial charge on any atom is 0.276 e. The second-order valence-corrected chi connectivity index (χ2v) is 7.84. The van der Waals surface area contributed by atoms with Gasteiger partial charge in [-0.3, -0.25) is 9.59 Å². The first kappa shape index (κ1) is 20.6. The van der Waals surface area contributed by atoms with Gasteiger partial charge in [0.15, 0.2) is 0 Å². The summed E-state index contributed by atoms with van der Waals surface area (Å²) in [7, 11) is 0. The van der Waals surface area contributed by atoms with Crippen LogP contribution >= 0.6 is 0 Å². The van der Waals surface area contributed by atoms with Crippen molar-refractivity contribution in [2.24, 2.45) is 0 Å². The number of hydrogen-bond acceptors (Lipinski definition) is 3. The molecular formula is C25H26N4O2. The minimum Gasteiger partial charge on any atom is -0.348 e. The van der Waals surface area contributed by atoms with E-state index in [2.05, 4.69) is 27.1 Å². The normalized spacial score (nSPS) is 12.1. The summed E-state index contributed by atoms with van der Waals surface area (Å²) in [5.74, 6) is -0.247. The Morgan fingerprint density at radius 1 is 1.00 bits per heavy atom. The predicted molar refractivity (Wildman–Crippen MR) is 122 cm³/mol. The van der Waals surface area contributed by atoms with Crippen LogP contribution in [0.3, 0.4) is 0 Å². The number of carbonyl (C=O) groups excluding carboxylic acids is 1. The summed E-state index contributed by atoms with van der Waals surface area (Å²) in [4.78, 5) is 25.7. The standard InChI is InChI=1S/C25H26N4O2/c1-17(21-12-8-5-9-13-21)27-23(30)16-29-25(31)24-19(3)28(18(2)22(24)14-26-29)15-20-10-6-4-7-11-20/h4-14,17H,15-16H2,1-3H3,(H,27,30)/t17-/m1/s1. The Kier molecular flexibility index (Phi) is 5.71. The lowest BCUT2D eigenvalue weighted by molar-refractivity contribution is -0.122. The molecular weight excluding hydrogens is 388 g/mol. The van der Waals surface area contributed by atoms with Gasteiger partial charge in [0.1, 0.15) is 6.54 Å². The minimum atomic E-state index is -0.247. The van der Waals surface area contributed by atoms with Crippen molar-refractivity contribution < 1.29 is 4.79 Å². The van der Waals surface area contributed by atoms with E-state index >= 15 is 0 Å². The van der Waals surface area contributed by atoms with Gasteiger partial charge in [-0.25, -0.2) is 4.68 Å². The van der Waals surface area contributed by atoms with E-state index in [4.69, 9.17) is 0 Å². The Bertz CT molecular complexity index is 1270. The summed E-state index contributed by atoms with van der Waals surface area (Å²) in [6, 6.07) is 19.7. The largest absolute Gasteiger partial charge is 0.348 e. The molecule has 1 N–H and O–H groups in total. The number of aromatic nitrogens is 3. The number of nitrogens with one attached hydrogen (secondary N) is 1. The maximum atomic E-state index is 13.2. The van der Waals surface area contributed by atoms with E-state index in [9.17, 15) is 9.59 Å². The summed E-state index contributed by atoms with van der Waals surface area (Å²) in [6.45, 7) is 6.43. The highest BCUT2D eigenvalue weighted by molar-refractivity contribution is 5.87. The molecule has 0 aliphatic heterocycles. The van der Waals surface area contributed by atoms with Crippen molar-refractivity contribution in [3.8, 4) is 0 Å². The number of carbonyl (C=O) groups is 1. The molecule has 31 heavy (non-hydrogen) atoms. The minimum absolute atomic E-state index is 0.117. The fourth-order valence-electron chi connectivity index (χ4n) is 4.01. The molecule has 6 heteroatoms. The highest BCUT2D eigenvalue weighted by Crippen LogP contribution is 2.23. The van der Waals surface area contributed by atoms with Gasteiger partial charge in [-0.05, 0) is 31.9 Å². The van der Waals surface area contributed by atoms with E-state index in [1.54, 1.807) is 6.20 Å². The zero-order chi connectivity index (χ0) is 22.0. The number of amides is 1. The summed E-state index contributed by atoms with van der Waals surface area (Å²) in [5.41, 5.74) is 3.81. The second-order valence-electron chi connectivity index (χ2n) is 7.84. The Balaban J connectivity index is 1.60. The number of aryl methyl sites for hydroxylation is 2. The Morgan fingerprint density at radius 3 is 2.32 bits per heavy atom. The van der Waals surface area contributed by atoms with Crippen LogP contribution in [0.15, 0.2) is 71.7 Å². The van der Waals surface area contributed by atoms with Crippen LogP contribution in [0.2, 0.25) is 0 Å². The molecule has 0 saturated carbocycles. The molecule has 2 aromatic carbocycles. The van der Waals surface area contributed by atoms with Crippen molar-refractivity contribution in [3.63, 3.8) is 0 Å². The number of nitrogens with zero attached hydrogens (tertiary/aromatic N) is 3. The average molecular weight is 415 g/mol. The van der Waals surface area contributed by atoms with Crippen molar-refractivity contribution >= 4 is 16.7 Å². The molecule has 158 valence electrons. The first-order valence-corrected chi connectivity index (χ1v) is 10.4. The third-order valence-electron chi connectivity index (χ3n) is 5.76. The molecule has 0 aliphatic carbocycles. The lowest BCUT2D eigenvalue weighted by Crippen LogP contribution is -2.35. The molecule has 2 heterocycles. The van der Waals surface area contributed by atoms with Crippen LogP contribution in [-0.4, -0.2) is 20.3 Å². The van der Waals surface area contributed by atoms with E-state index in [0.29, 0.717) is 11.9 Å². The van der Waals surface area contributed by atoms with Crippen molar-refractivity contribution in [2.75, 3.05) is 0 Å². The Morgan fingerprint density at radius 2 is 1.65 bits per heavy atom. The van der Waals surface area contributed by atoms with Crippen LogP contribution in [-0.2, 0) is 17.9 Å². The highest BCUT2D eigenvalue weighted by Gasteiger charge is 2.18. The molecule has 0 unspecified atom stereocenters. The molecule has 0 aliphatic rings. The molecule has 2 aromatic heterocycles. The summed E-state index contributed by atoms with van der Waals surface area (Å²) in [5, 5.41) is 8.66. The van der Waals surface area contributed by atoms with Gasteiger partial charge in [0.05, 0.1) is 17.6 Å². The molecule has 1 amide bonds. The topological polar surface area (TPSA) is 68.9 Å². The molecule has 1 atom stereocenters.